The molecule has 2 aliphatic heterocycles. The van der Waals surface area contributed by atoms with E-state index < -0.39 is 6.67 Å². The molecule has 5 nitrogen and oxygen atoms in total. The van der Waals surface area contributed by atoms with E-state index in [2.05, 4.69) is 23.1 Å². The van der Waals surface area contributed by atoms with Crippen molar-refractivity contribution in [3.63, 3.8) is 0 Å². The number of nitrogens with zero attached hydrogens (tertiary/aromatic N) is 4. The van der Waals surface area contributed by atoms with E-state index in [0.717, 1.165) is 51.9 Å². The van der Waals surface area contributed by atoms with Gasteiger partial charge in [0.05, 0.1) is 6.20 Å². The Balaban J connectivity index is 1.63. The minimum Gasteiger partial charge on any atom is -0.334 e. The van der Waals surface area contributed by atoms with Crippen molar-refractivity contribution in [1.29, 1.82) is 0 Å². The number of carbonyl (C=O) groups excluding carboxylic acids is 1. The summed E-state index contributed by atoms with van der Waals surface area (Å²) in [6, 6.07) is 0. The van der Waals surface area contributed by atoms with Crippen molar-refractivity contribution in [2.45, 2.75) is 57.7 Å². The van der Waals surface area contributed by atoms with Crippen molar-refractivity contribution in [3.8, 4) is 0 Å². The highest BCUT2D eigenvalue weighted by molar-refractivity contribution is 5.79. The van der Waals surface area contributed by atoms with Gasteiger partial charge in [-0.15, -0.1) is 0 Å². The van der Waals surface area contributed by atoms with Gasteiger partial charge in [-0.1, -0.05) is 0 Å². The molecule has 2 saturated heterocycles. The van der Waals surface area contributed by atoms with Gasteiger partial charge >= 0.3 is 0 Å². The van der Waals surface area contributed by atoms with E-state index >= 15 is 0 Å². The van der Waals surface area contributed by atoms with Crippen LogP contribution in [0.25, 0.3) is 0 Å². The number of likely N-dealkylation sites (tertiary alicyclic amines) is 2. The van der Waals surface area contributed by atoms with Crippen LogP contribution in [0, 0.1) is 0 Å². The van der Waals surface area contributed by atoms with Crippen LogP contribution in [0.3, 0.4) is 0 Å². The van der Waals surface area contributed by atoms with E-state index in [-0.39, 0.29) is 18.0 Å². The number of amides is 1. The van der Waals surface area contributed by atoms with Crippen LogP contribution in [0.5, 0.6) is 0 Å². The highest BCUT2D eigenvalue weighted by Gasteiger charge is 2.45. The summed E-state index contributed by atoms with van der Waals surface area (Å²) >= 11 is 0. The minimum atomic E-state index is -0.437. The molecule has 0 aromatic carbocycles. The summed E-state index contributed by atoms with van der Waals surface area (Å²) in [5.41, 5.74) is 1.15. The van der Waals surface area contributed by atoms with Gasteiger partial charge in [0.1, 0.15) is 6.67 Å². The third-order valence-electron chi connectivity index (χ3n) is 5.41. The number of rotatable bonds is 5. The Labute approximate surface area is 137 Å². The Morgan fingerprint density at radius 1 is 1.30 bits per heavy atom. The van der Waals surface area contributed by atoms with Crippen molar-refractivity contribution in [1.82, 2.24) is 19.6 Å². The molecule has 128 valence electrons. The molecule has 3 rings (SSSR count). The van der Waals surface area contributed by atoms with Crippen molar-refractivity contribution < 1.29 is 9.18 Å². The first kappa shape index (κ1) is 16.4. The molecule has 1 atom stereocenters. The number of carbonyl (C=O) groups is 1. The molecule has 0 radical (unpaired) electrons. The van der Waals surface area contributed by atoms with Gasteiger partial charge in [0, 0.05) is 49.9 Å². The number of hydrogen-bond donors (Lipinski definition) is 0. The van der Waals surface area contributed by atoms with Crippen molar-refractivity contribution in [2.24, 2.45) is 0 Å². The third-order valence-corrected chi connectivity index (χ3v) is 5.41. The zero-order chi connectivity index (χ0) is 16.3. The van der Waals surface area contributed by atoms with Gasteiger partial charge in [0.15, 0.2) is 0 Å². The van der Waals surface area contributed by atoms with Crippen LogP contribution in [-0.2, 0) is 17.9 Å². The third kappa shape index (κ3) is 3.42. The number of halogens is 1. The highest BCUT2D eigenvalue weighted by atomic mass is 19.1. The summed E-state index contributed by atoms with van der Waals surface area (Å²) in [7, 11) is 0. The second-order valence-electron chi connectivity index (χ2n) is 6.79. The summed E-state index contributed by atoms with van der Waals surface area (Å²) < 4.78 is 14.8. The fourth-order valence-electron chi connectivity index (χ4n) is 4.15. The molecule has 0 bridgehead atoms. The maximum Gasteiger partial charge on any atom is 0.223 e. The Morgan fingerprint density at radius 2 is 2.17 bits per heavy atom. The Morgan fingerprint density at radius 3 is 2.91 bits per heavy atom. The summed E-state index contributed by atoms with van der Waals surface area (Å²) in [6.07, 6.45) is 8.56. The SMILES string of the molecule is CCn1cc(CN2CCCC3(CCC(=O)N3CCF)CC2)cn1. The maximum atomic E-state index is 12.8. The number of aryl methyl sites for hydroxylation is 1. The van der Waals surface area contributed by atoms with Crippen LogP contribution in [0.2, 0.25) is 0 Å². The molecule has 0 N–H and O–H groups in total. The van der Waals surface area contributed by atoms with Gasteiger partial charge in [0.25, 0.3) is 0 Å². The van der Waals surface area contributed by atoms with Gasteiger partial charge in [-0.3, -0.25) is 14.4 Å². The minimum absolute atomic E-state index is 0.0917. The van der Waals surface area contributed by atoms with Gasteiger partial charge in [0.2, 0.25) is 5.91 Å². The molecular formula is C17H27FN4O. The number of aromatic nitrogens is 2. The zero-order valence-corrected chi connectivity index (χ0v) is 14.0. The van der Waals surface area contributed by atoms with Crippen LogP contribution < -0.4 is 0 Å². The van der Waals surface area contributed by atoms with Gasteiger partial charge in [-0.2, -0.15) is 5.10 Å². The van der Waals surface area contributed by atoms with Gasteiger partial charge in [-0.25, -0.2) is 4.39 Å². The molecule has 0 saturated carbocycles. The van der Waals surface area contributed by atoms with E-state index in [1.165, 1.54) is 5.56 Å². The average Bonchev–Trinajstić information content (AvgIpc) is 3.05. The van der Waals surface area contributed by atoms with E-state index in [9.17, 15) is 9.18 Å². The molecule has 3 heterocycles. The molecule has 1 unspecified atom stereocenters. The average molecular weight is 322 g/mol. The van der Waals surface area contributed by atoms with E-state index in [4.69, 9.17) is 0 Å². The topological polar surface area (TPSA) is 41.4 Å². The smallest absolute Gasteiger partial charge is 0.223 e. The largest absolute Gasteiger partial charge is 0.334 e. The molecule has 0 aliphatic carbocycles. The van der Waals surface area contributed by atoms with Gasteiger partial charge < -0.3 is 4.90 Å². The van der Waals surface area contributed by atoms with Crippen molar-refractivity contribution >= 4 is 5.91 Å². The lowest BCUT2D eigenvalue weighted by Gasteiger charge is -2.37. The highest BCUT2D eigenvalue weighted by Crippen LogP contribution is 2.39. The number of alkyl halides is 1. The standard InChI is InChI=1S/C17H27FN4O/c1-2-21-14-15(12-19-21)13-20-9-3-5-17(7-10-20)6-4-16(23)22(17)11-8-18/h12,14H,2-11,13H2,1H3. The molecule has 1 amide bonds. The quantitative estimate of drug-likeness (QED) is 0.835. The monoisotopic (exact) mass is 322 g/mol. The Kier molecular flexibility index (Phi) is 4.99. The van der Waals surface area contributed by atoms with Crippen molar-refractivity contribution in [2.75, 3.05) is 26.3 Å². The predicted molar refractivity (Wildman–Crippen MR) is 86.7 cm³/mol. The normalized spacial score (nSPS) is 26.2. The second-order valence-corrected chi connectivity index (χ2v) is 6.79. The van der Waals surface area contributed by atoms with Crippen LogP contribution >= 0.6 is 0 Å². The molecule has 1 spiro atoms. The van der Waals surface area contributed by atoms with Crippen LogP contribution in [0.4, 0.5) is 4.39 Å². The first-order valence-corrected chi connectivity index (χ1v) is 8.77. The summed E-state index contributed by atoms with van der Waals surface area (Å²) in [5, 5.41) is 4.34. The Bertz CT molecular complexity index is 546. The summed E-state index contributed by atoms with van der Waals surface area (Å²) in [6.45, 7) is 5.72. The van der Waals surface area contributed by atoms with E-state index in [1.807, 2.05) is 15.8 Å². The van der Waals surface area contributed by atoms with Gasteiger partial charge in [-0.05, 0) is 39.2 Å². The fraction of sp³-hybridized carbons (Fsp3) is 0.765. The predicted octanol–water partition coefficient (Wildman–Crippen LogP) is 2.22. The maximum absolute atomic E-state index is 12.8. The van der Waals surface area contributed by atoms with E-state index in [1.54, 1.807) is 0 Å². The molecule has 1 aromatic rings. The number of hydrogen-bond acceptors (Lipinski definition) is 3. The van der Waals surface area contributed by atoms with E-state index in [0.29, 0.717) is 6.42 Å². The molecular weight excluding hydrogens is 295 g/mol. The Hall–Kier alpha value is -1.43. The first-order chi connectivity index (χ1) is 11.2. The van der Waals surface area contributed by atoms with Crippen LogP contribution in [0.1, 0.15) is 44.6 Å². The lowest BCUT2D eigenvalue weighted by atomic mass is 9.88. The zero-order valence-electron chi connectivity index (χ0n) is 14.0. The van der Waals surface area contributed by atoms with Crippen LogP contribution in [0.15, 0.2) is 12.4 Å². The molecule has 6 heteroatoms. The fourth-order valence-corrected chi connectivity index (χ4v) is 4.15. The van der Waals surface area contributed by atoms with Crippen molar-refractivity contribution in [3.05, 3.63) is 18.0 Å². The molecule has 23 heavy (non-hydrogen) atoms. The lowest BCUT2D eigenvalue weighted by Crippen LogP contribution is -2.47. The summed E-state index contributed by atoms with van der Waals surface area (Å²) in [5.74, 6) is 0.139. The van der Waals surface area contributed by atoms with Crippen LogP contribution in [-0.4, -0.2) is 57.3 Å². The summed E-state index contributed by atoms with van der Waals surface area (Å²) in [4.78, 5) is 16.4. The molecule has 2 fully saturated rings. The second kappa shape index (κ2) is 6.99. The molecule has 1 aromatic heterocycles. The first-order valence-electron chi connectivity index (χ1n) is 8.77. The lowest BCUT2D eigenvalue weighted by molar-refractivity contribution is -0.131. The molecule has 2 aliphatic rings.